The molecule has 2 aliphatic rings. The van der Waals surface area contributed by atoms with Crippen molar-refractivity contribution in [2.75, 3.05) is 33.4 Å². The highest BCUT2D eigenvalue weighted by Crippen LogP contribution is 2.42. The Labute approximate surface area is 122 Å². The number of fused-ring (bicyclic) bond motifs is 1. The summed E-state index contributed by atoms with van der Waals surface area (Å²) in [6.45, 7) is 2.18. The van der Waals surface area contributed by atoms with Gasteiger partial charge >= 0.3 is 0 Å². The Morgan fingerprint density at radius 2 is 2.19 bits per heavy atom. The molecule has 3 rings (SSSR count). The number of nitrogens with one attached hydrogen (secondary N) is 1. The molecule has 0 aliphatic carbocycles. The second-order valence-electron chi connectivity index (χ2n) is 5.59. The summed E-state index contributed by atoms with van der Waals surface area (Å²) in [5, 5.41) is 10.6. The molecule has 0 radical (unpaired) electrons. The van der Waals surface area contributed by atoms with Crippen LogP contribution in [0.25, 0.3) is 0 Å². The molecule has 2 amide bonds. The molecule has 8 nitrogen and oxygen atoms in total. The first-order valence-corrected chi connectivity index (χ1v) is 7.07. The zero-order valence-corrected chi connectivity index (χ0v) is 12.0. The van der Waals surface area contributed by atoms with Gasteiger partial charge in [-0.25, -0.2) is 0 Å². The molecule has 0 aromatic carbocycles. The summed E-state index contributed by atoms with van der Waals surface area (Å²) in [5.41, 5.74) is -0.514. The van der Waals surface area contributed by atoms with E-state index in [1.807, 2.05) is 0 Å². The lowest BCUT2D eigenvalue weighted by atomic mass is 9.73. The molecule has 0 saturated carbocycles. The molecule has 21 heavy (non-hydrogen) atoms. The predicted octanol–water partition coefficient (Wildman–Crippen LogP) is -1.11. The molecule has 8 heteroatoms. The van der Waals surface area contributed by atoms with Crippen molar-refractivity contribution in [1.82, 2.24) is 25.2 Å². The molecule has 1 aromatic rings. The minimum atomic E-state index is -0.514. The van der Waals surface area contributed by atoms with E-state index in [4.69, 9.17) is 4.74 Å². The minimum Gasteiger partial charge on any atom is -0.381 e. The Morgan fingerprint density at radius 1 is 1.43 bits per heavy atom. The van der Waals surface area contributed by atoms with Gasteiger partial charge in [-0.05, 0) is 6.42 Å². The second kappa shape index (κ2) is 5.44. The molecule has 2 fully saturated rings. The second-order valence-corrected chi connectivity index (χ2v) is 5.59. The van der Waals surface area contributed by atoms with Crippen molar-refractivity contribution in [2.24, 2.45) is 11.3 Å². The van der Waals surface area contributed by atoms with Crippen LogP contribution in [0.15, 0.2) is 12.4 Å². The SMILES string of the molecule is CNC(=O)[C@]12CCOC[C@H]1CN(C(=O)Cn1nccn1)C2. The highest BCUT2D eigenvalue weighted by molar-refractivity contribution is 5.85. The predicted molar refractivity (Wildman–Crippen MR) is 72.0 cm³/mol. The van der Waals surface area contributed by atoms with E-state index in [9.17, 15) is 9.59 Å². The number of ether oxygens (including phenoxy) is 1. The van der Waals surface area contributed by atoms with Crippen molar-refractivity contribution in [3.05, 3.63) is 12.4 Å². The fourth-order valence-electron chi connectivity index (χ4n) is 3.31. The largest absolute Gasteiger partial charge is 0.381 e. The lowest BCUT2D eigenvalue weighted by Gasteiger charge is -2.36. The van der Waals surface area contributed by atoms with Gasteiger partial charge in [-0.2, -0.15) is 15.0 Å². The van der Waals surface area contributed by atoms with E-state index in [1.165, 1.54) is 17.2 Å². The fraction of sp³-hybridized carbons (Fsp3) is 0.692. The van der Waals surface area contributed by atoms with Crippen LogP contribution < -0.4 is 5.32 Å². The molecule has 2 atom stereocenters. The smallest absolute Gasteiger partial charge is 0.246 e. The van der Waals surface area contributed by atoms with E-state index in [1.54, 1.807) is 11.9 Å². The summed E-state index contributed by atoms with van der Waals surface area (Å²) in [6, 6.07) is 0. The van der Waals surface area contributed by atoms with E-state index in [0.29, 0.717) is 32.7 Å². The van der Waals surface area contributed by atoms with Crippen molar-refractivity contribution in [1.29, 1.82) is 0 Å². The molecule has 2 saturated heterocycles. The molecule has 114 valence electrons. The van der Waals surface area contributed by atoms with Crippen LogP contribution in [0.3, 0.4) is 0 Å². The van der Waals surface area contributed by atoms with Crippen LogP contribution in [0.1, 0.15) is 6.42 Å². The quantitative estimate of drug-likeness (QED) is 0.763. The molecule has 0 bridgehead atoms. The summed E-state index contributed by atoms with van der Waals surface area (Å²) in [6.07, 6.45) is 3.73. The number of carbonyl (C=O) groups excluding carboxylic acids is 2. The van der Waals surface area contributed by atoms with Gasteiger partial charge in [0.05, 0.1) is 24.4 Å². The van der Waals surface area contributed by atoms with Crippen LogP contribution in [0.2, 0.25) is 0 Å². The number of likely N-dealkylation sites (tertiary alicyclic amines) is 1. The van der Waals surface area contributed by atoms with Crippen LogP contribution in [0, 0.1) is 11.3 Å². The number of aromatic nitrogens is 3. The van der Waals surface area contributed by atoms with Gasteiger partial charge < -0.3 is 15.0 Å². The maximum absolute atomic E-state index is 12.4. The Kier molecular flexibility index (Phi) is 3.62. The Hall–Kier alpha value is -1.96. The number of hydrogen-bond donors (Lipinski definition) is 1. The van der Waals surface area contributed by atoms with E-state index < -0.39 is 5.41 Å². The van der Waals surface area contributed by atoms with Crippen molar-refractivity contribution < 1.29 is 14.3 Å². The molecule has 2 aliphatic heterocycles. The average Bonchev–Trinajstić information content (AvgIpc) is 3.13. The molecule has 1 aromatic heterocycles. The first-order valence-electron chi connectivity index (χ1n) is 7.07. The standard InChI is InChI=1S/C13H19N5O3/c1-14-12(20)13-2-5-21-8-10(13)6-17(9-13)11(19)7-18-15-3-4-16-18/h3-4,10H,2,5-9H2,1H3,(H,14,20)/t10-,13+/m1/s1. The maximum Gasteiger partial charge on any atom is 0.246 e. The first kappa shape index (κ1) is 14.0. The number of rotatable bonds is 3. The Morgan fingerprint density at radius 3 is 2.90 bits per heavy atom. The van der Waals surface area contributed by atoms with Crippen molar-refractivity contribution in [3.63, 3.8) is 0 Å². The summed E-state index contributed by atoms with van der Waals surface area (Å²) in [4.78, 5) is 27.8. The van der Waals surface area contributed by atoms with Gasteiger partial charge in [0.25, 0.3) is 0 Å². The highest BCUT2D eigenvalue weighted by Gasteiger charge is 2.54. The average molecular weight is 293 g/mol. The monoisotopic (exact) mass is 293 g/mol. The Bertz CT molecular complexity index is 532. The van der Waals surface area contributed by atoms with E-state index in [2.05, 4.69) is 15.5 Å². The van der Waals surface area contributed by atoms with Gasteiger partial charge in [-0.3, -0.25) is 9.59 Å². The third-order valence-electron chi connectivity index (χ3n) is 4.48. The third-order valence-corrected chi connectivity index (χ3v) is 4.48. The van der Waals surface area contributed by atoms with Crippen molar-refractivity contribution in [3.8, 4) is 0 Å². The Balaban J connectivity index is 1.74. The van der Waals surface area contributed by atoms with Gasteiger partial charge in [-0.1, -0.05) is 0 Å². The summed E-state index contributed by atoms with van der Waals surface area (Å²) < 4.78 is 5.49. The van der Waals surface area contributed by atoms with Crippen molar-refractivity contribution >= 4 is 11.8 Å². The van der Waals surface area contributed by atoms with Gasteiger partial charge in [0.15, 0.2) is 0 Å². The summed E-state index contributed by atoms with van der Waals surface area (Å²) in [5.74, 6) is -0.00655. The van der Waals surface area contributed by atoms with Crippen LogP contribution >= 0.6 is 0 Å². The first-order chi connectivity index (χ1) is 10.2. The molecular formula is C13H19N5O3. The van der Waals surface area contributed by atoms with E-state index in [-0.39, 0.29) is 24.3 Å². The third kappa shape index (κ3) is 2.39. The number of nitrogens with zero attached hydrogens (tertiary/aromatic N) is 4. The lowest BCUT2D eigenvalue weighted by Crippen LogP contribution is -2.49. The maximum atomic E-state index is 12.4. The summed E-state index contributed by atoms with van der Waals surface area (Å²) in [7, 11) is 1.64. The molecule has 0 spiro atoms. The zero-order chi connectivity index (χ0) is 14.9. The van der Waals surface area contributed by atoms with Gasteiger partial charge in [-0.15, -0.1) is 0 Å². The number of hydrogen-bond acceptors (Lipinski definition) is 5. The van der Waals surface area contributed by atoms with Crippen molar-refractivity contribution in [2.45, 2.75) is 13.0 Å². The zero-order valence-electron chi connectivity index (χ0n) is 12.0. The molecule has 3 heterocycles. The summed E-state index contributed by atoms with van der Waals surface area (Å²) >= 11 is 0. The van der Waals surface area contributed by atoms with Crippen LogP contribution in [-0.4, -0.2) is 65.1 Å². The molecule has 1 N–H and O–H groups in total. The molecular weight excluding hydrogens is 274 g/mol. The molecule has 0 unspecified atom stereocenters. The fourth-order valence-corrected chi connectivity index (χ4v) is 3.31. The van der Waals surface area contributed by atoms with Gasteiger partial charge in [0.2, 0.25) is 11.8 Å². The lowest BCUT2D eigenvalue weighted by molar-refractivity contribution is -0.139. The van der Waals surface area contributed by atoms with Crippen LogP contribution in [-0.2, 0) is 20.9 Å². The minimum absolute atomic E-state index is 0.00307. The normalized spacial score (nSPS) is 28.2. The number of amides is 2. The van der Waals surface area contributed by atoms with Crippen LogP contribution in [0.5, 0.6) is 0 Å². The van der Waals surface area contributed by atoms with E-state index in [0.717, 1.165) is 0 Å². The van der Waals surface area contributed by atoms with Crippen LogP contribution in [0.4, 0.5) is 0 Å². The number of carbonyl (C=O) groups is 2. The topological polar surface area (TPSA) is 89.4 Å². The van der Waals surface area contributed by atoms with Gasteiger partial charge in [0, 0.05) is 32.7 Å². The van der Waals surface area contributed by atoms with E-state index >= 15 is 0 Å². The highest BCUT2D eigenvalue weighted by atomic mass is 16.5. The van der Waals surface area contributed by atoms with Gasteiger partial charge in [0.1, 0.15) is 6.54 Å².